The molecule has 4 aliphatic carbocycles. The number of carbonyl (C=O) groups is 3. The van der Waals surface area contributed by atoms with Crippen molar-refractivity contribution in [2.45, 2.75) is 70.3 Å². The lowest BCUT2D eigenvalue weighted by Crippen LogP contribution is -2.54. The third-order valence-corrected chi connectivity index (χ3v) is 10.5. The zero-order valence-corrected chi connectivity index (χ0v) is 24.1. The fraction of sp³-hybridized carbons (Fsp3) is 0.441. The molecule has 6 aliphatic rings. The van der Waals surface area contributed by atoms with E-state index in [1.807, 2.05) is 31.0 Å². The van der Waals surface area contributed by atoms with Crippen molar-refractivity contribution in [2.24, 2.45) is 17.8 Å². The fourth-order valence-electron chi connectivity index (χ4n) is 8.77. The lowest BCUT2D eigenvalue weighted by Gasteiger charge is -2.57. The number of hydrogen-bond donors (Lipinski definition) is 1. The summed E-state index contributed by atoms with van der Waals surface area (Å²) in [6.45, 7) is 6.08. The maximum absolute atomic E-state index is 15.4. The lowest BCUT2D eigenvalue weighted by molar-refractivity contribution is -0.122. The quantitative estimate of drug-likeness (QED) is 0.344. The second-order valence-corrected chi connectivity index (χ2v) is 13.6. The van der Waals surface area contributed by atoms with E-state index >= 15 is 4.39 Å². The van der Waals surface area contributed by atoms with Crippen molar-refractivity contribution in [1.82, 2.24) is 5.32 Å². The van der Waals surface area contributed by atoms with Gasteiger partial charge < -0.3 is 4.90 Å². The summed E-state index contributed by atoms with van der Waals surface area (Å²) < 4.78 is 15.4. The summed E-state index contributed by atoms with van der Waals surface area (Å²) in [5.74, 6) is 0.295. The number of imide groups is 2. The molecule has 0 aromatic heterocycles. The number of allylic oxidation sites excluding steroid dienone is 1. The van der Waals surface area contributed by atoms with Crippen LogP contribution in [-0.2, 0) is 15.0 Å². The average molecular weight is 554 g/mol. The van der Waals surface area contributed by atoms with E-state index in [4.69, 9.17) is 0 Å². The van der Waals surface area contributed by atoms with E-state index in [9.17, 15) is 14.4 Å². The summed E-state index contributed by atoms with van der Waals surface area (Å²) in [4.78, 5) is 42.3. The van der Waals surface area contributed by atoms with E-state index in [1.54, 1.807) is 6.07 Å². The van der Waals surface area contributed by atoms with Crippen LogP contribution in [0.5, 0.6) is 0 Å². The molecule has 5 fully saturated rings. The van der Waals surface area contributed by atoms with Crippen LogP contribution >= 0.6 is 0 Å². The van der Waals surface area contributed by atoms with Crippen LogP contribution in [0.4, 0.5) is 20.6 Å². The molecule has 2 aromatic carbocycles. The van der Waals surface area contributed by atoms with Crippen LogP contribution in [0.15, 0.2) is 48.0 Å². The van der Waals surface area contributed by atoms with Gasteiger partial charge in [0.15, 0.2) is 0 Å². The van der Waals surface area contributed by atoms with Gasteiger partial charge in [0, 0.05) is 23.9 Å². The minimum atomic E-state index is -0.830. The van der Waals surface area contributed by atoms with Gasteiger partial charge in [-0.05, 0) is 124 Å². The predicted molar refractivity (Wildman–Crippen MR) is 158 cm³/mol. The Morgan fingerprint density at radius 2 is 1.56 bits per heavy atom. The number of fused-ring (bicyclic) bond motifs is 1. The Hall–Kier alpha value is -3.74. The van der Waals surface area contributed by atoms with Crippen molar-refractivity contribution < 1.29 is 18.8 Å². The number of halogens is 1. The van der Waals surface area contributed by atoms with E-state index in [1.165, 1.54) is 56.2 Å². The van der Waals surface area contributed by atoms with E-state index < -0.39 is 23.7 Å². The van der Waals surface area contributed by atoms with Crippen LogP contribution in [-0.4, -0.2) is 30.4 Å². The van der Waals surface area contributed by atoms with Crippen molar-refractivity contribution in [1.29, 1.82) is 0 Å². The van der Waals surface area contributed by atoms with Gasteiger partial charge in [0.25, 0.3) is 11.8 Å². The van der Waals surface area contributed by atoms with Gasteiger partial charge in [-0.3, -0.25) is 14.9 Å². The first-order valence-electron chi connectivity index (χ1n) is 14.7. The summed E-state index contributed by atoms with van der Waals surface area (Å²) in [7, 11) is 1.91. The molecular formula is C34H36FN3O3. The van der Waals surface area contributed by atoms with Crippen LogP contribution in [0.3, 0.4) is 0 Å². The van der Waals surface area contributed by atoms with Crippen LogP contribution in [0.25, 0.3) is 11.6 Å². The molecule has 7 heteroatoms. The lowest BCUT2D eigenvalue weighted by atomic mass is 9.48. The second-order valence-electron chi connectivity index (χ2n) is 13.6. The number of benzene rings is 2. The molecule has 4 saturated carbocycles. The van der Waals surface area contributed by atoms with Gasteiger partial charge in [0.1, 0.15) is 11.4 Å². The second kappa shape index (κ2) is 8.88. The van der Waals surface area contributed by atoms with E-state index in [2.05, 4.69) is 37.4 Å². The topological polar surface area (TPSA) is 69.7 Å². The molecule has 41 heavy (non-hydrogen) atoms. The first kappa shape index (κ1) is 26.2. The van der Waals surface area contributed by atoms with Crippen molar-refractivity contribution in [2.75, 3.05) is 16.8 Å². The third-order valence-electron chi connectivity index (χ3n) is 10.5. The molecule has 4 bridgehead atoms. The molecule has 0 unspecified atom stereocenters. The number of urea groups is 1. The molecule has 1 saturated heterocycles. The Kier molecular flexibility index (Phi) is 5.67. The number of carbonyl (C=O) groups excluding carboxylic acids is 3. The summed E-state index contributed by atoms with van der Waals surface area (Å²) in [6, 6.07) is 10.0. The standard InChI is InChI=1S/C34H36FN3O3/c1-19-15-33(2,3)37(4)29-14-28(35)23(12-26(19)29)13-27-30(39)36-32(41)38(31(27)40)25-7-5-24(6-8-25)34-16-20-9-21(17-34)11-22(10-20)18-34/h5-8,12-15,20-22H,9-11,16-18H2,1-4H3,(H,36,39,41)/b27-13-. The minimum Gasteiger partial charge on any atom is -0.365 e. The van der Waals surface area contributed by atoms with Crippen molar-refractivity contribution in [3.05, 3.63) is 70.6 Å². The molecule has 2 heterocycles. The number of nitrogens with one attached hydrogen (secondary N) is 1. The highest BCUT2D eigenvalue weighted by molar-refractivity contribution is 6.39. The van der Waals surface area contributed by atoms with Gasteiger partial charge in [-0.25, -0.2) is 14.1 Å². The van der Waals surface area contributed by atoms with E-state index in [0.29, 0.717) is 5.69 Å². The molecule has 8 rings (SSSR count). The highest BCUT2D eigenvalue weighted by Gasteiger charge is 2.51. The molecule has 6 nitrogen and oxygen atoms in total. The zero-order valence-electron chi connectivity index (χ0n) is 24.1. The molecule has 0 atom stereocenters. The van der Waals surface area contributed by atoms with Gasteiger partial charge in [0.05, 0.1) is 11.2 Å². The summed E-state index contributed by atoms with van der Waals surface area (Å²) in [6.07, 6.45) is 11.1. The van der Waals surface area contributed by atoms with Crippen LogP contribution in [0.2, 0.25) is 0 Å². The molecule has 212 valence electrons. The van der Waals surface area contributed by atoms with Crippen molar-refractivity contribution >= 4 is 40.9 Å². The number of hydrogen-bond acceptors (Lipinski definition) is 4. The molecule has 0 spiro atoms. The van der Waals surface area contributed by atoms with Crippen LogP contribution in [0.1, 0.15) is 76.0 Å². The number of barbiturate groups is 1. The van der Waals surface area contributed by atoms with Crippen LogP contribution in [0, 0.1) is 23.6 Å². The molecule has 0 radical (unpaired) electrons. The van der Waals surface area contributed by atoms with Gasteiger partial charge in [-0.1, -0.05) is 18.2 Å². The number of amides is 4. The summed E-state index contributed by atoms with van der Waals surface area (Å²) in [5.41, 5.74) is 3.99. The highest BCUT2D eigenvalue weighted by atomic mass is 19.1. The maximum Gasteiger partial charge on any atom is 0.335 e. The Balaban J connectivity index is 1.20. The number of anilines is 2. The zero-order chi connectivity index (χ0) is 28.8. The number of nitrogens with zero attached hydrogens (tertiary/aromatic N) is 2. The minimum absolute atomic E-state index is 0.120. The molecule has 2 aliphatic heterocycles. The molecule has 2 aromatic rings. The smallest absolute Gasteiger partial charge is 0.335 e. The van der Waals surface area contributed by atoms with E-state index in [-0.39, 0.29) is 22.1 Å². The molecular weight excluding hydrogens is 517 g/mol. The highest BCUT2D eigenvalue weighted by Crippen LogP contribution is 2.60. The first-order valence-corrected chi connectivity index (χ1v) is 14.7. The van der Waals surface area contributed by atoms with Gasteiger partial charge in [0.2, 0.25) is 0 Å². The van der Waals surface area contributed by atoms with E-state index in [0.717, 1.165) is 39.5 Å². The fourth-order valence-corrected chi connectivity index (χ4v) is 8.77. The monoisotopic (exact) mass is 553 g/mol. The predicted octanol–water partition coefficient (Wildman–Crippen LogP) is 6.59. The average Bonchev–Trinajstić information content (AvgIpc) is 2.89. The van der Waals surface area contributed by atoms with Crippen LogP contribution < -0.4 is 15.1 Å². The van der Waals surface area contributed by atoms with Crippen molar-refractivity contribution in [3.8, 4) is 0 Å². The van der Waals surface area contributed by atoms with Gasteiger partial charge >= 0.3 is 6.03 Å². The number of rotatable bonds is 3. The maximum atomic E-state index is 15.4. The normalized spacial score (nSPS) is 31.0. The first-order chi connectivity index (χ1) is 19.4. The Morgan fingerprint density at radius 3 is 2.17 bits per heavy atom. The van der Waals surface area contributed by atoms with Gasteiger partial charge in [-0.15, -0.1) is 0 Å². The molecule has 4 amide bonds. The SMILES string of the molecule is CC1=CC(C)(C)N(C)c2cc(F)c(/C=C3/C(=O)NC(=O)N(c4ccc(C56CC7CC(CC(C7)C5)C6)cc4)C3=O)cc21. The Bertz CT molecular complexity index is 1530. The summed E-state index contributed by atoms with van der Waals surface area (Å²) >= 11 is 0. The molecule has 1 N–H and O–H groups in total. The Labute approximate surface area is 240 Å². The van der Waals surface area contributed by atoms with Gasteiger partial charge in [-0.2, -0.15) is 0 Å². The third kappa shape index (κ3) is 4.07. The van der Waals surface area contributed by atoms with Crippen molar-refractivity contribution in [3.63, 3.8) is 0 Å². The number of likely N-dealkylation sites (N-methyl/N-ethyl adjacent to an activating group) is 1. The largest absolute Gasteiger partial charge is 0.365 e. The Morgan fingerprint density at radius 1 is 0.951 bits per heavy atom. The summed E-state index contributed by atoms with van der Waals surface area (Å²) in [5, 5.41) is 2.28.